The van der Waals surface area contributed by atoms with Crippen LogP contribution in [0.5, 0.6) is 0 Å². The summed E-state index contributed by atoms with van der Waals surface area (Å²) in [4.78, 5) is 13.0. The van der Waals surface area contributed by atoms with Crippen LogP contribution in [0.15, 0.2) is 18.2 Å². The average molecular weight is 388 g/mol. The molecule has 1 aromatic rings. The van der Waals surface area contributed by atoms with Gasteiger partial charge in [0.25, 0.3) is 5.69 Å². The number of hydrogen-bond donors (Lipinski definition) is 0. The van der Waals surface area contributed by atoms with E-state index in [1.807, 2.05) is 34.7 Å². The molecule has 1 aliphatic carbocycles. The SMILES string of the molecule is O=[N+]([O-])c1ccc(N2CCOC3CCCCC32)cc1I. The Labute approximate surface area is 131 Å². The third kappa shape index (κ3) is 2.63. The van der Waals surface area contributed by atoms with Crippen LogP contribution in [0.25, 0.3) is 0 Å². The van der Waals surface area contributed by atoms with Crippen molar-refractivity contribution in [3.8, 4) is 0 Å². The molecule has 1 saturated carbocycles. The molecular weight excluding hydrogens is 371 g/mol. The fourth-order valence-corrected chi connectivity index (χ4v) is 3.94. The van der Waals surface area contributed by atoms with Crippen molar-refractivity contribution in [3.63, 3.8) is 0 Å². The smallest absolute Gasteiger partial charge is 0.282 e. The van der Waals surface area contributed by atoms with Crippen molar-refractivity contribution in [1.82, 2.24) is 0 Å². The van der Waals surface area contributed by atoms with Gasteiger partial charge in [-0.1, -0.05) is 12.8 Å². The van der Waals surface area contributed by atoms with Crippen molar-refractivity contribution in [1.29, 1.82) is 0 Å². The van der Waals surface area contributed by atoms with Gasteiger partial charge in [0.15, 0.2) is 0 Å². The van der Waals surface area contributed by atoms with Crippen LogP contribution in [0.4, 0.5) is 11.4 Å². The zero-order valence-corrected chi connectivity index (χ0v) is 13.3. The second-order valence-electron chi connectivity index (χ2n) is 5.35. The molecule has 2 unspecified atom stereocenters. The van der Waals surface area contributed by atoms with E-state index in [-0.39, 0.29) is 10.6 Å². The minimum atomic E-state index is -0.325. The molecule has 0 N–H and O–H groups in total. The van der Waals surface area contributed by atoms with Gasteiger partial charge < -0.3 is 9.64 Å². The Morgan fingerprint density at radius 3 is 2.90 bits per heavy atom. The number of anilines is 1. The van der Waals surface area contributed by atoms with Gasteiger partial charge in [0, 0.05) is 18.3 Å². The second-order valence-corrected chi connectivity index (χ2v) is 6.51. The third-order valence-electron chi connectivity index (χ3n) is 4.19. The maximum absolute atomic E-state index is 10.9. The highest BCUT2D eigenvalue weighted by atomic mass is 127. The van der Waals surface area contributed by atoms with E-state index in [1.54, 1.807) is 6.07 Å². The quantitative estimate of drug-likeness (QED) is 0.443. The minimum Gasteiger partial charge on any atom is -0.374 e. The van der Waals surface area contributed by atoms with Gasteiger partial charge in [-0.05, 0) is 47.6 Å². The molecule has 0 aromatic heterocycles. The summed E-state index contributed by atoms with van der Waals surface area (Å²) >= 11 is 2.05. The molecule has 2 aliphatic rings. The van der Waals surface area contributed by atoms with E-state index in [1.165, 1.54) is 12.8 Å². The molecule has 0 radical (unpaired) electrons. The third-order valence-corrected chi connectivity index (χ3v) is 5.06. The number of nitro groups is 1. The summed E-state index contributed by atoms with van der Waals surface area (Å²) in [6, 6.07) is 5.84. The first-order valence-electron chi connectivity index (χ1n) is 6.99. The number of ether oxygens (including phenoxy) is 1. The molecule has 1 aromatic carbocycles. The summed E-state index contributed by atoms with van der Waals surface area (Å²) in [5.74, 6) is 0. The fraction of sp³-hybridized carbons (Fsp3) is 0.571. The Morgan fingerprint density at radius 1 is 1.35 bits per heavy atom. The molecule has 20 heavy (non-hydrogen) atoms. The molecule has 0 bridgehead atoms. The maximum Gasteiger partial charge on any atom is 0.282 e. The van der Waals surface area contributed by atoms with Crippen molar-refractivity contribution in [3.05, 3.63) is 31.9 Å². The predicted molar refractivity (Wildman–Crippen MR) is 85.2 cm³/mol. The van der Waals surface area contributed by atoms with E-state index in [0.29, 0.717) is 15.7 Å². The lowest BCUT2D eigenvalue weighted by Gasteiger charge is -2.45. The number of hydrogen-bond acceptors (Lipinski definition) is 4. The van der Waals surface area contributed by atoms with Crippen LogP contribution in [0, 0.1) is 13.7 Å². The van der Waals surface area contributed by atoms with Crippen LogP contribution in [0.3, 0.4) is 0 Å². The van der Waals surface area contributed by atoms with Crippen LogP contribution in [-0.4, -0.2) is 30.2 Å². The molecule has 6 heteroatoms. The molecule has 5 nitrogen and oxygen atoms in total. The highest BCUT2D eigenvalue weighted by Crippen LogP contribution is 2.34. The standard InChI is InChI=1S/C14H17IN2O3/c15-11-9-10(5-6-12(11)17(18)19)16-7-8-20-14-4-2-1-3-13(14)16/h5-6,9,13-14H,1-4,7-8H2. The molecule has 1 heterocycles. The predicted octanol–water partition coefficient (Wildman–Crippen LogP) is 3.35. The Morgan fingerprint density at radius 2 is 2.15 bits per heavy atom. The topological polar surface area (TPSA) is 55.6 Å². The highest BCUT2D eigenvalue weighted by molar-refractivity contribution is 14.1. The number of morpholine rings is 1. The Kier molecular flexibility index (Phi) is 4.11. The van der Waals surface area contributed by atoms with Gasteiger partial charge in [-0.2, -0.15) is 0 Å². The van der Waals surface area contributed by atoms with Gasteiger partial charge in [0.1, 0.15) is 0 Å². The van der Waals surface area contributed by atoms with Gasteiger partial charge in [-0.3, -0.25) is 10.1 Å². The zero-order chi connectivity index (χ0) is 14.1. The monoisotopic (exact) mass is 388 g/mol. The van der Waals surface area contributed by atoms with E-state index < -0.39 is 0 Å². The van der Waals surface area contributed by atoms with E-state index >= 15 is 0 Å². The Hall–Kier alpha value is -0.890. The minimum absolute atomic E-state index is 0.183. The highest BCUT2D eigenvalue weighted by Gasteiger charge is 2.34. The van der Waals surface area contributed by atoms with Crippen LogP contribution in [-0.2, 0) is 4.74 Å². The molecule has 108 valence electrons. The van der Waals surface area contributed by atoms with Crippen molar-refractivity contribution in [2.75, 3.05) is 18.1 Å². The van der Waals surface area contributed by atoms with Crippen molar-refractivity contribution in [2.24, 2.45) is 0 Å². The first kappa shape index (κ1) is 14.1. The second kappa shape index (κ2) is 5.85. The van der Waals surface area contributed by atoms with E-state index in [0.717, 1.165) is 31.7 Å². The lowest BCUT2D eigenvalue weighted by atomic mass is 9.90. The Bertz CT molecular complexity index is 521. The van der Waals surface area contributed by atoms with Gasteiger partial charge in [0.2, 0.25) is 0 Å². The van der Waals surface area contributed by atoms with Crippen LogP contribution in [0.1, 0.15) is 25.7 Å². The number of halogens is 1. The molecule has 0 amide bonds. The average Bonchev–Trinajstić information content (AvgIpc) is 2.46. The molecule has 1 saturated heterocycles. The summed E-state index contributed by atoms with van der Waals surface area (Å²) in [5, 5.41) is 10.9. The lowest BCUT2D eigenvalue weighted by Crippen LogP contribution is -2.52. The van der Waals surface area contributed by atoms with E-state index in [4.69, 9.17) is 4.74 Å². The summed E-state index contributed by atoms with van der Waals surface area (Å²) in [7, 11) is 0. The number of nitrogens with zero attached hydrogens (tertiary/aromatic N) is 2. The summed E-state index contributed by atoms with van der Waals surface area (Å²) < 4.78 is 6.57. The molecule has 2 fully saturated rings. The van der Waals surface area contributed by atoms with Gasteiger partial charge >= 0.3 is 0 Å². The zero-order valence-electron chi connectivity index (χ0n) is 11.1. The van der Waals surface area contributed by atoms with Crippen LogP contribution in [0.2, 0.25) is 0 Å². The molecule has 2 atom stereocenters. The van der Waals surface area contributed by atoms with Gasteiger partial charge in [-0.15, -0.1) is 0 Å². The summed E-state index contributed by atoms with van der Waals surface area (Å²) in [6.45, 7) is 1.61. The first-order valence-corrected chi connectivity index (χ1v) is 8.07. The van der Waals surface area contributed by atoms with Crippen molar-refractivity contribution in [2.45, 2.75) is 37.8 Å². The van der Waals surface area contributed by atoms with Gasteiger partial charge in [-0.25, -0.2) is 0 Å². The Balaban J connectivity index is 1.87. The molecular formula is C14H17IN2O3. The molecule has 1 aliphatic heterocycles. The normalized spacial score (nSPS) is 26.1. The van der Waals surface area contributed by atoms with Crippen molar-refractivity contribution < 1.29 is 9.66 Å². The van der Waals surface area contributed by atoms with Crippen LogP contribution >= 0.6 is 22.6 Å². The van der Waals surface area contributed by atoms with Gasteiger partial charge in [0.05, 0.1) is 27.2 Å². The fourth-order valence-electron chi connectivity index (χ4n) is 3.24. The number of nitro benzene ring substituents is 1. The molecule has 3 rings (SSSR count). The summed E-state index contributed by atoms with van der Waals surface area (Å²) in [5.41, 5.74) is 1.27. The molecule has 0 spiro atoms. The van der Waals surface area contributed by atoms with E-state index in [2.05, 4.69) is 4.90 Å². The summed E-state index contributed by atoms with van der Waals surface area (Å²) in [6.07, 6.45) is 5.09. The largest absolute Gasteiger partial charge is 0.374 e. The lowest BCUT2D eigenvalue weighted by molar-refractivity contribution is -0.385. The maximum atomic E-state index is 10.9. The number of fused-ring (bicyclic) bond motifs is 1. The van der Waals surface area contributed by atoms with E-state index in [9.17, 15) is 10.1 Å². The number of benzene rings is 1. The number of rotatable bonds is 2. The van der Waals surface area contributed by atoms with Crippen LogP contribution < -0.4 is 4.90 Å². The van der Waals surface area contributed by atoms with Crippen molar-refractivity contribution >= 4 is 34.0 Å². The first-order chi connectivity index (χ1) is 9.66.